The summed E-state index contributed by atoms with van der Waals surface area (Å²) in [5.74, 6) is 4.86. The number of benzene rings is 2. The lowest BCUT2D eigenvalue weighted by Gasteiger charge is -2.58. The third-order valence-corrected chi connectivity index (χ3v) is 19.0. The quantitative estimate of drug-likeness (QED) is 0.0966. The molecule has 4 fully saturated rings. The molecule has 5 aliphatic carbocycles. The van der Waals surface area contributed by atoms with Gasteiger partial charge in [-0.2, -0.15) is 0 Å². The molecule has 0 amide bonds. The summed E-state index contributed by atoms with van der Waals surface area (Å²) < 4.78 is 33.4. The molecule has 1 heterocycles. The van der Waals surface area contributed by atoms with E-state index < -0.39 is 6.10 Å². The maximum absolute atomic E-state index is 12.6. The molecule has 2 aromatic rings. The van der Waals surface area contributed by atoms with Gasteiger partial charge in [-0.15, -0.1) is 0 Å². The van der Waals surface area contributed by atoms with Crippen molar-refractivity contribution in [3.05, 3.63) is 46.5 Å². The van der Waals surface area contributed by atoms with Crippen LogP contribution in [0.5, 0.6) is 23.0 Å². The van der Waals surface area contributed by atoms with Crippen LogP contribution < -0.4 is 24.8 Å². The first-order valence-electron chi connectivity index (χ1n) is 26.4. The Bertz CT molecular complexity index is 2000. The summed E-state index contributed by atoms with van der Waals surface area (Å²) in [6, 6.07) is 8.81. The number of nitrogens with one attached hydrogen (secondary N) is 2. The average Bonchev–Trinajstić information content (AvgIpc) is 4.24. The summed E-state index contributed by atoms with van der Waals surface area (Å²) in [5, 5.41) is 32.5. The fourth-order valence-electron chi connectivity index (χ4n) is 14.4. The molecule has 0 bridgehead atoms. The topological polar surface area (TPSA) is 111 Å². The second-order valence-corrected chi connectivity index (χ2v) is 24.6. The molecular formula is C57H90N2O7. The van der Waals surface area contributed by atoms with E-state index in [0.29, 0.717) is 30.2 Å². The van der Waals surface area contributed by atoms with E-state index in [-0.39, 0.29) is 69.6 Å². The molecule has 9 nitrogen and oxygen atoms in total. The minimum Gasteiger partial charge on any atom is -0.504 e. The van der Waals surface area contributed by atoms with E-state index in [9.17, 15) is 10.2 Å². The molecule has 0 saturated heterocycles. The van der Waals surface area contributed by atoms with E-state index in [0.717, 1.165) is 93.5 Å². The number of hydrogen-bond acceptors (Lipinski definition) is 9. The van der Waals surface area contributed by atoms with Crippen LogP contribution in [0.15, 0.2) is 24.3 Å². The largest absolute Gasteiger partial charge is 0.504 e. The number of aliphatic hydroxyl groups excluding tert-OH is 1. The monoisotopic (exact) mass is 915 g/mol. The number of rotatable bonds is 20. The lowest BCUT2D eigenvalue weighted by molar-refractivity contribution is -0.156. The standard InChI is InChI=1S/C57H90N2O7/c1-14-37-21-23-43(48(60)46(37)56(15-2)30-45(62-12)55(11,34(4)53(5,6)7)29-39(56)33-58-31-35-17-18-35)64-25-26-65-44-24-22-38-27-42(59-32-36-19-20-36)41-28-40(51(61)54(8,9)10)49(63-13)52-57(41,16-3)47(38)50(44)66-52/h21-24,34-36,39-42,45,49,51-52,58-61H,14-20,25-33H2,1-13H3/t34-,39?,40?,41?,42+,45-,49+,51+,52-,55+,56-,57-/m0/s1. The molecule has 4 saturated carbocycles. The molecule has 3 unspecified atom stereocenters. The molecular weight excluding hydrogens is 825 g/mol. The molecule has 6 aliphatic rings. The Morgan fingerprint density at radius 2 is 1.48 bits per heavy atom. The fourth-order valence-corrected chi connectivity index (χ4v) is 14.4. The molecule has 9 heteroatoms. The van der Waals surface area contributed by atoms with Gasteiger partial charge in [0, 0.05) is 48.1 Å². The van der Waals surface area contributed by atoms with Gasteiger partial charge in [0.15, 0.2) is 23.0 Å². The first kappa shape index (κ1) is 49.8. The minimum absolute atomic E-state index is 0.0320. The lowest BCUT2D eigenvalue weighted by atomic mass is 9.48. The first-order valence-corrected chi connectivity index (χ1v) is 26.4. The van der Waals surface area contributed by atoms with Gasteiger partial charge in [0.25, 0.3) is 0 Å². The highest BCUT2D eigenvalue weighted by atomic mass is 16.6. The Labute approximate surface area is 399 Å². The van der Waals surface area contributed by atoms with Crippen LogP contribution in [0.4, 0.5) is 0 Å². The van der Waals surface area contributed by atoms with Gasteiger partial charge in [-0.1, -0.05) is 88.3 Å². The fraction of sp³-hybridized carbons (Fsp3) is 0.789. The van der Waals surface area contributed by atoms with E-state index in [1.807, 2.05) is 13.2 Å². The Morgan fingerprint density at radius 1 is 0.818 bits per heavy atom. The Morgan fingerprint density at radius 3 is 2.08 bits per heavy atom. The van der Waals surface area contributed by atoms with Crippen molar-refractivity contribution in [3.63, 3.8) is 0 Å². The number of hydrogen-bond donors (Lipinski definition) is 4. The highest BCUT2D eigenvalue weighted by Gasteiger charge is 2.66. The van der Waals surface area contributed by atoms with Crippen LogP contribution in [0, 0.1) is 51.8 Å². The van der Waals surface area contributed by atoms with Crippen molar-refractivity contribution in [1.29, 1.82) is 0 Å². The third kappa shape index (κ3) is 8.83. The molecule has 0 radical (unpaired) electrons. The zero-order valence-electron chi connectivity index (χ0n) is 43.4. The molecule has 1 aliphatic heterocycles. The summed E-state index contributed by atoms with van der Waals surface area (Å²) in [6.07, 6.45) is 10.6. The van der Waals surface area contributed by atoms with Crippen LogP contribution in [0.3, 0.4) is 0 Å². The van der Waals surface area contributed by atoms with Crippen molar-refractivity contribution in [1.82, 2.24) is 10.6 Å². The van der Waals surface area contributed by atoms with Gasteiger partial charge in [0.2, 0.25) is 0 Å². The average molecular weight is 915 g/mol. The van der Waals surface area contributed by atoms with Crippen molar-refractivity contribution in [3.8, 4) is 23.0 Å². The number of aryl methyl sites for hydroxylation is 1. The predicted molar refractivity (Wildman–Crippen MR) is 265 cm³/mol. The molecule has 12 atom stereocenters. The van der Waals surface area contributed by atoms with Crippen molar-refractivity contribution in [2.24, 2.45) is 51.8 Å². The van der Waals surface area contributed by atoms with Crippen LogP contribution in [0.25, 0.3) is 0 Å². The Hall–Kier alpha value is -2.56. The molecule has 0 aromatic heterocycles. The van der Waals surface area contributed by atoms with Gasteiger partial charge in [0.05, 0.1) is 12.2 Å². The number of aromatic hydroxyl groups is 1. The zero-order chi connectivity index (χ0) is 47.6. The number of ether oxygens (including phenoxy) is 5. The number of aliphatic hydroxyl groups is 1. The molecule has 8 rings (SSSR count). The predicted octanol–water partition coefficient (Wildman–Crippen LogP) is 10.6. The van der Waals surface area contributed by atoms with Gasteiger partial charge in [-0.05, 0) is 159 Å². The Balaban J connectivity index is 1.06. The van der Waals surface area contributed by atoms with Gasteiger partial charge in [-0.3, -0.25) is 0 Å². The molecule has 0 spiro atoms. The highest BCUT2D eigenvalue weighted by Crippen LogP contribution is 2.64. The van der Waals surface area contributed by atoms with Crippen molar-refractivity contribution >= 4 is 0 Å². The summed E-state index contributed by atoms with van der Waals surface area (Å²) in [4.78, 5) is 0. The lowest BCUT2D eigenvalue weighted by Crippen LogP contribution is -2.66. The maximum atomic E-state index is 12.6. The van der Waals surface area contributed by atoms with Crippen LogP contribution >= 0.6 is 0 Å². The van der Waals surface area contributed by atoms with Crippen LogP contribution in [0.2, 0.25) is 0 Å². The summed E-state index contributed by atoms with van der Waals surface area (Å²) in [6.45, 7) is 28.8. The van der Waals surface area contributed by atoms with E-state index >= 15 is 0 Å². The highest BCUT2D eigenvalue weighted by molar-refractivity contribution is 5.61. The Kier molecular flexibility index (Phi) is 14.3. The van der Waals surface area contributed by atoms with Crippen LogP contribution in [-0.2, 0) is 33.1 Å². The van der Waals surface area contributed by atoms with Crippen LogP contribution in [0.1, 0.15) is 156 Å². The van der Waals surface area contributed by atoms with Crippen molar-refractivity contribution < 1.29 is 33.9 Å². The van der Waals surface area contributed by atoms with E-state index in [1.165, 1.54) is 42.4 Å². The molecule has 370 valence electrons. The molecule has 4 N–H and O–H groups in total. The van der Waals surface area contributed by atoms with Crippen molar-refractivity contribution in [2.45, 2.75) is 188 Å². The van der Waals surface area contributed by atoms with Gasteiger partial charge in [-0.25, -0.2) is 0 Å². The molecule has 66 heavy (non-hydrogen) atoms. The van der Waals surface area contributed by atoms with Crippen LogP contribution in [-0.4, -0.2) is 87.7 Å². The third-order valence-electron chi connectivity index (χ3n) is 19.0. The smallest absolute Gasteiger partial charge is 0.165 e. The number of methoxy groups -OCH3 is 2. The summed E-state index contributed by atoms with van der Waals surface area (Å²) >= 11 is 0. The second-order valence-electron chi connectivity index (χ2n) is 24.6. The van der Waals surface area contributed by atoms with E-state index in [2.05, 4.69) is 105 Å². The molecule has 2 aromatic carbocycles. The van der Waals surface area contributed by atoms with E-state index in [4.69, 9.17) is 23.7 Å². The summed E-state index contributed by atoms with van der Waals surface area (Å²) in [5.41, 5.74) is 4.07. The van der Waals surface area contributed by atoms with E-state index in [1.54, 1.807) is 7.11 Å². The summed E-state index contributed by atoms with van der Waals surface area (Å²) in [7, 11) is 3.69. The SMILES string of the molecule is CCc1ccc(OCCOc2ccc3c4c2O[C@H]2[C@H](OC)C([C@@H](O)C(C)(C)C)CC([C@H](NCC5CC5)C3)[C@@]42CC)c(O)c1[C@@]1(CC)C[C@H](OC)[C@@](C)([C@@H](C)C(C)(C)C)CC1CNCC1CC1. The number of phenolic OH excluding ortho intramolecular Hbond substituents is 1. The first-order chi connectivity index (χ1) is 31.3. The maximum Gasteiger partial charge on any atom is 0.165 e. The second kappa shape index (κ2) is 19.0. The zero-order valence-corrected chi connectivity index (χ0v) is 43.4. The van der Waals surface area contributed by atoms with Gasteiger partial charge in [0.1, 0.15) is 25.4 Å². The van der Waals surface area contributed by atoms with Gasteiger partial charge >= 0.3 is 0 Å². The van der Waals surface area contributed by atoms with Gasteiger partial charge < -0.3 is 44.5 Å². The minimum atomic E-state index is -0.537. The van der Waals surface area contributed by atoms with Crippen molar-refractivity contribution in [2.75, 3.05) is 47.1 Å². The number of phenols is 1. The normalized spacial score (nSPS) is 33.8.